The van der Waals surface area contributed by atoms with Crippen LogP contribution in [0.2, 0.25) is 0 Å². The fourth-order valence-electron chi connectivity index (χ4n) is 2.75. The molecule has 1 heterocycles. The minimum Gasteiger partial charge on any atom is -0.493 e. The van der Waals surface area contributed by atoms with Crippen LogP contribution in [0.4, 0.5) is 0 Å². The van der Waals surface area contributed by atoms with E-state index in [1.54, 1.807) is 13.4 Å². The normalized spacial score (nSPS) is 10.7. The van der Waals surface area contributed by atoms with Crippen molar-refractivity contribution in [2.24, 2.45) is 0 Å². The molecule has 5 heteroatoms. The van der Waals surface area contributed by atoms with Crippen LogP contribution >= 0.6 is 15.9 Å². The van der Waals surface area contributed by atoms with Gasteiger partial charge in [-0.2, -0.15) is 0 Å². The lowest BCUT2D eigenvalue weighted by molar-refractivity contribution is 0.280. The fraction of sp³-hybridized carbons (Fsp3) is 0.238. The lowest BCUT2D eigenvalue weighted by Crippen LogP contribution is -2.14. The molecule has 136 valence electrons. The second-order valence-electron chi connectivity index (χ2n) is 6.02. The van der Waals surface area contributed by atoms with Gasteiger partial charge in [-0.25, -0.2) is 0 Å². The summed E-state index contributed by atoms with van der Waals surface area (Å²) in [6, 6.07) is 16.0. The molecule has 0 radical (unpaired) electrons. The van der Waals surface area contributed by atoms with E-state index in [9.17, 15) is 0 Å². The Labute approximate surface area is 162 Å². The SMILES string of the molecule is COc1ccc(Br)c(CNCc2ccco2)c1OCc1cccc(C)c1. The Hall–Kier alpha value is -2.24. The molecule has 1 N–H and O–H groups in total. The molecule has 1 aromatic heterocycles. The van der Waals surface area contributed by atoms with Gasteiger partial charge >= 0.3 is 0 Å². The number of methoxy groups -OCH3 is 1. The molecule has 0 spiro atoms. The van der Waals surface area contributed by atoms with Gasteiger partial charge in [-0.15, -0.1) is 0 Å². The van der Waals surface area contributed by atoms with Crippen molar-refractivity contribution < 1.29 is 13.9 Å². The second-order valence-corrected chi connectivity index (χ2v) is 6.87. The quantitative estimate of drug-likeness (QED) is 0.546. The van der Waals surface area contributed by atoms with Gasteiger partial charge in [0.2, 0.25) is 0 Å². The number of hydrogen-bond acceptors (Lipinski definition) is 4. The minimum atomic E-state index is 0.486. The highest BCUT2D eigenvalue weighted by Gasteiger charge is 2.15. The van der Waals surface area contributed by atoms with Gasteiger partial charge in [0.15, 0.2) is 11.5 Å². The zero-order valence-corrected chi connectivity index (χ0v) is 16.5. The predicted octanol–water partition coefficient (Wildman–Crippen LogP) is 5.23. The van der Waals surface area contributed by atoms with Crippen molar-refractivity contribution in [2.45, 2.75) is 26.6 Å². The fourth-order valence-corrected chi connectivity index (χ4v) is 3.20. The molecule has 0 bridgehead atoms. The average Bonchev–Trinajstić information content (AvgIpc) is 3.15. The van der Waals surface area contributed by atoms with Gasteiger partial charge in [0.05, 0.1) is 19.9 Å². The lowest BCUT2D eigenvalue weighted by Gasteiger charge is -2.17. The van der Waals surface area contributed by atoms with E-state index >= 15 is 0 Å². The Balaban J connectivity index is 1.76. The van der Waals surface area contributed by atoms with E-state index < -0.39 is 0 Å². The Morgan fingerprint density at radius 2 is 1.96 bits per heavy atom. The number of aryl methyl sites for hydroxylation is 1. The molecule has 0 aliphatic rings. The molecule has 3 rings (SSSR count). The van der Waals surface area contributed by atoms with E-state index in [0.29, 0.717) is 19.7 Å². The van der Waals surface area contributed by atoms with Crippen LogP contribution in [0.1, 0.15) is 22.5 Å². The number of furan rings is 1. The first kappa shape index (κ1) is 18.5. The molecule has 3 aromatic rings. The zero-order valence-electron chi connectivity index (χ0n) is 14.9. The van der Waals surface area contributed by atoms with Crippen molar-refractivity contribution in [3.63, 3.8) is 0 Å². The smallest absolute Gasteiger partial charge is 0.167 e. The molecule has 0 fully saturated rings. The number of hydrogen-bond donors (Lipinski definition) is 1. The van der Waals surface area contributed by atoms with Crippen LogP contribution < -0.4 is 14.8 Å². The summed E-state index contributed by atoms with van der Waals surface area (Å²) in [6.45, 7) is 3.84. The molecule has 26 heavy (non-hydrogen) atoms. The van der Waals surface area contributed by atoms with Gasteiger partial charge < -0.3 is 19.2 Å². The maximum absolute atomic E-state index is 6.15. The predicted molar refractivity (Wildman–Crippen MR) is 105 cm³/mol. The molecule has 0 aliphatic heterocycles. The van der Waals surface area contributed by atoms with Gasteiger partial charge in [-0.05, 0) is 36.8 Å². The Morgan fingerprint density at radius 3 is 2.69 bits per heavy atom. The molecule has 0 unspecified atom stereocenters. The highest BCUT2D eigenvalue weighted by atomic mass is 79.9. The Bertz CT molecular complexity index is 846. The van der Waals surface area contributed by atoms with E-state index in [-0.39, 0.29) is 0 Å². The first-order chi connectivity index (χ1) is 12.7. The summed E-state index contributed by atoms with van der Waals surface area (Å²) in [7, 11) is 1.66. The number of halogens is 1. The number of rotatable bonds is 8. The van der Waals surface area contributed by atoms with E-state index in [1.165, 1.54) is 5.56 Å². The van der Waals surface area contributed by atoms with E-state index in [2.05, 4.69) is 46.4 Å². The largest absolute Gasteiger partial charge is 0.493 e. The highest BCUT2D eigenvalue weighted by Crippen LogP contribution is 2.36. The van der Waals surface area contributed by atoms with E-state index in [0.717, 1.165) is 32.9 Å². The summed E-state index contributed by atoms with van der Waals surface area (Å²) in [4.78, 5) is 0. The maximum atomic E-state index is 6.15. The van der Waals surface area contributed by atoms with Crippen LogP contribution in [0, 0.1) is 6.92 Å². The summed E-state index contributed by atoms with van der Waals surface area (Å²) in [5, 5.41) is 3.38. The Kier molecular flexibility index (Phi) is 6.36. The maximum Gasteiger partial charge on any atom is 0.167 e. The third-order valence-electron chi connectivity index (χ3n) is 4.03. The molecule has 4 nitrogen and oxygen atoms in total. The van der Waals surface area contributed by atoms with Crippen LogP contribution in [-0.2, 0) is 19.7 Å². The van der Waals surface area contributed by atoms with Crippen molar-refractivity contribution in [1.82, 2.24) is 5.32 Å². The molecule has 0 saturated carbocycles. The molecule has 0 amide bonds. The first-order valence-electron chi connectivity index (χ1n) is 8.44. The second kappa shape index (κ2) is 8.92. The van der Waals surface area contributed by atoms with Crippen LogP contribution in [0.25, 0.3) is 0 Å². The van der Waals surface area contributed by atoms with Crippen molar-refractivity contribution in [2.75, 3.05) is 7.11 Å². The molecular weight excluding hydrogens is 394 g/mol. The van der Waals surface area contributed by atoms with Gasteiger partial charge in [0.25, 0.3) is 0 Å². The van der Waals surface area contributed by atoms with Gasteiger partial charge in [0, 0.05) is 16.6 Å². The molecule has 0 aliphatic carbocycles. The van der Waals surface area contributed by atoms with Gasteiger partial charge in [-0.1, -0.05) is 45.8 Å². The lowest BCUT2D eigenvalue weighted by atomic mass is 10.1. The van der Waals surface area contributed by atoms with Crippen LogP contribution in [0.3, 0.4) is 0 Å². The third kappa shape index (κ3) is 4.68. The van der Waals surface area contributed by atoms with E-state index in [1.807, 2.05) is 30.3 Å². The van der Waals surface area contributed by atoms with Gasteiger partial charge in [0.1, 0.15) is 12.4 Å². The van der Waals surface area contributed by atoms with Crippen molar-refractivity contribution >= 4 is 15.9 Å². The van der Waals surface area contributed by atoms with Crippen molar-refractivity contribution in [3.05, 3.63) is 81.7 Å². The molecular formula is C21H22BrNO3. The number of benzene rings is 2. The standard InChI is InChI=1S/C21H22BrNO3/c1-15-5-3-6-16(11-15)14-26-21-18(19(22)8-9-20(21)24-2)13-23-12-17-7-4-10-25-17/h3-11,23H,12-14H2,1-2H3. The summed E-state index contributed by atoms with van der Waals surface area (Å²) >= 11 is 3.63. The molecule has 0 atom stereocenters. The van der Waals surface area contributed by atoms with Crippen molar-refractivity contribution in [1.29, 1.82) is 0 Å². The summed E-state index contributed by atoms with van der Waals surface area (Å²) in [5.41, 5.74) is 3.36. The first-order valence-corrected chi connectivity index (χ1v) is 9.23. The van der Waals surface area contributed by atoms with Crippen LogP contribution in [-0.4, -0.2) is 7.11 Å². The Morgan fingerprint density at radius 1 is 1.08 bits per heavy atom. The van der Waals surface area contributed by atoms with Crippen LogP contribution in [0.5, 0.6) is 11.5 Å². The number of nitrogens with one attached hydrogen (secondary N) is 1. The van der Waals surface area contributed by atoms with Gasteiger partial charge in [-0.3, -0.25) is 0 Å². The van der Waals surface area contributed by atoms with Crippen molar-refractivity contribution in [3.8, 4) is 11.5 Å². The monoisotopic (exact) mass is 415 g/mol. The molecule has 2 aromatic carbocycles. The number of ether oxygens (including phenoxy) is 2. The minimum absolute atomic E-state index is 0.486. The summed E-state index contributed by atoms with van der Waals surface area (Å²) in [6.07, 6.45) is 1.68. The third-order valence-corrected chi connectivity index (χ3v) is 4.78. The van der Waals surface area contributed by atoms with Crippen LogP contribution in [0.15, 0.2) is 63.7 Å². The topological polar surface area (TPSA) is 43.6 Å². The van der Waals surface area contributed by atoms with E-state index in [4.69, 9.17) is 13.9 Å². The summed E-state index contributed by atoms with van der Waals surface area (Å²) in [5.74, 6) is 2.36. The molecule has 0 saturated heterocycles. The zero-order chi connectivity index (χ0) is 18.4. The average molecular weight is 416 g/mol. The highest BCUT2D eigenvalue weighted by molar-refractivity contribution is 9.10. The summed E-state index contributed by atoms with van der Waals surface area (Å²) < 4.78 is 18.0.